The zero-order valence-corrected chi connectivity index (χ0v) is 14.6. The lowest BCUT2D eigenvalue weighted by molar-refractivity contribution is -0.121. The molecule has 0 aromatic heterocycles. The van der Waals surface area contributed by atoms with Crippen molar-refractivity contribution in [2.45, 2.75) is 38.1 Å². The highest BCUT2D eigenvalue weighted by Crippen LogP contribution is 2.32. The first-order valence-electron chi connectivity index (χ1n) is 8.87. The van der Waals surface area contributed by atoms with E-state index in [4.69, 9.17) is 9.47 Å². The van der Waals surface area contributed by atoms with E-state index < -0.39 is 0 Å². The summed E-state index contributed by atoms with van der Waals surface area (Å²) in [7, 11) is 1.75. The molecule has 1 fully saturated rings. The zero-order chi connectivity index (χ0) is 17.5. The second kappa shape index (κ2) is 8.60. The third-order valence-electron chi connectivity index (χ3n) is 4.18. The van der Waals surface area contributed by atoms with Crippen molar-refractivity contribution in [2.24, 2.45) is 4.99 Å². The van der Waals surface area contributed by atoms with Gasteiger partial charge in [-0.3, -0.25) is 9.79 Å². The van der Waals surface area contributed by atoms with Crippen LogP contribution in [0.2, 0.25) is 0 Å². The summed E-state index contributed by atoms with van der Waals surface area (Å²) in [6, 6.07) is 6.44. The Labute approximate surface area is 148 Å². The normalized spacial score (nSPS) is 15.8. The number of carbonyl (C=O) groups excluding carboxylic acids is 1. The van der Waals surface area contributed by atoms with Crippen LogP contribution in [0.15, 0.2) is 23.2 Å². The number of rotatable bonds is 8. The van der Waals surface area contributed by atoms with Crippen molar-refractivity contribution in [3.63, 3.8) is 0 Å². The maximum atomic E-state index is 11.6. The summed E-state index contributed by atoms with van der Waals surface area (Å²) in [6.45, 7) is 1.79. The van der Waals surface area contributed by atoms with Gasteiger partial charge in [0, 0.05) is 32.6 Å². The van der Waals surface area contributed by atoms with E-state index in [1.807, 2.05) is 18.2 Å². The van der Waals surface area contributed by atoms with E-state index in [-0.39, 0.29) is 5.91 Å². The van der Waals surface area contributed by atoms with Gasteiger partial charge in [-0.1, -0.05) is 6.07 Å². The monoisotopic (exact) mass is 346 g/mol. The van der Waals surface area contributed by atoms with Gasteiger partial charge in [-0.05, 0) is 43.4 Å². The summed E-state index contributed by atoms with van der Waals surface area (Å²) in [5.41, 5.74) is 1.18. The average molecular weight is 346 g/mol. The van der Waals surface area contributed by atoms with Gasteiger partial charge in [0.25, 0.3) is 0 Å². The predicted octanol–water partition coefficient (Wildman–Crippen LogP) is 1.18. The molecule has 1 amide bonds. The molecule has 1 aliphatic carbocycles. The smallest absolute Gasteiger partial charge is 0.231 e. The van der Waals surface area contributed by atoms with Gasteiger partial charge in [-0.2, -0.15) is 0 Å². The fourth-order valence-corrected chi connectivity index (χ4v) is 2.63. The minimum absolute atomic E-state index is 0.148. The highest BCUT2D eigenvalue weighted by molar-refractivity contribution is 5.80. The Hall–Kier alpha value is -2.44. The molecule has 1 aromatic rings. The Bertz CT molecular complexity index is 629. The summed E-state index contributed by atoms with van der Waals surface area (Å²) in [6.07, 6.45) is 4.47. The fourth-order valence-electron chi connectivity index (χ4n) is 2.63. The highest BCUT2D eigenvalue weighted by atomic mass is 16.7. The first-order chi connectivity index (χ1) is 12.2. The molecular formula is C18H26N4O3. The van der Waals surface area contributed by atoms with Gasteiger partial charge in [-0.15, -0.1) is 0 Å². The number of amides is 1. The van der Waals surface area contributed by atoms with Gasteiger partial charge in [0.1, 0.15) is 0 Å². The van der Waals surface area contributed by atoms with Crippen LogP contribution in [0, 0.1) is 0 Å². The Morgan fingerprint density at radius 1 is 1.20 bits per heavy atom. The number of nitrogens with one attached hydrogen (secondary N) is 3. The summed E-state index contributed by atoms with van der Waals surface area (Å²) in [5.74, 6) is 2.52. The van der Waals surface area contributed by atoms with Gasteiger partial charge in [0.05, 0.1) is 0 Å². The maximum Gasteiger partial charge on any atom is 0.231 e. The molecule has 0 bridgehead atoms. The molecule has 0 spiro atoms. The molecule has 0 saturated heterocycles. The third-order valence-corrected chi connectivity index (χ3v) is 4.18. The van der Waals surface area contributed by atoms with Crippen molar-refractivity contribution in [2.75, 3.05) is 26.9 Å². The van der Waals surface area contributed by atoms with Crippen LogP contribution in [0.25, 0.3) is 0 Å². The Morgan fingerprint density at radius 3 is 2.80 bits per heavy atom. The van der Waals surface area contributed by atoms with E-state index in [1.165, 1.54) is 5.56 Å². The minimum atomic E-state index is 0.148. The predicted molar refractivity (Wildman–Crippen MR) is 96.0 cm³/mol. The molecule has 25 heavy (non-hydrogen) atoms. The van der Waals surface area contributed by atoms with Gasteiger partial charge in [-0.25, -0.2) is 0 Å². The van der Waals surface area contributed by atoms with Crippen LogP contribution < -0.4 is 25.4 Å². The molecule has 2 aliphatic rings. The average Bonchev–Trinajstić information content (AvgIpc) is 3.30. The van der Waals surface area contributed by atoms with Crippen molar-refractivity contribution in [3.8, 4) is 11.5 Å². The molecular weight excluding hydrogens is 320 g/mol. The Morgan fingerprint density at radius 2 is 2.00 bits per heavy atom. The molecule has 0 radical (unpaired) electrons. The molecule has 7 heteroatoms. The number of aliphatic imine (C=N–C) groups is 1. The van der Waals surface area contributed by atoms with Gasteiger partial charge < -0.3 is 25.4 Å². The van der Waals surface area contributed by atoms with Crippen molar-refractivity contribution >= 4 is 11.9 Å². The van der Waals surface area contributed by atoms with Crippen LogP contribution in [0.1, 0.15) is 31.2 Å². The van der Waals surface area contributed by atoms with E-state index in [0.717, 1.165) is 56.2 Å². The SMILES string of the molecule is CN=C(NCCCC(=O)NC1CC1)NCCc1ccc2c(c1)OCO2. The van der Waals surface area contributed by atoms with E-state index in [1.54, 1.807) is 7.05 Å². The maximum absolute atomic E-state index is 11.6. The van der Waals surface area contributed by atoms with Crippen LogP contribution in [0.4, 0.5) is 0 Å². The fraction of sp³-hybridized carbons (Fsp3) is 0.556. The molecule has 1 heterocycles. The van der Waals surface area contributed by atoms with Crippen molar-refractivity contribution in [3.05, 3.63) is 23.8 Å². The van der Waals surface area contributed by atoms with Gasteiger partial charge >= 0.3 is 0 Å². The van der Waals surface area contributed by atoms with Gasteiger partial charge in [0.2, 0.25) is 12.7 Å². The van der Waals surface area contributed by atoms with Crippen LogP contribution in [0.5, 0.6) is 11.5 Å². The van der Waals surface area contributed by atoms with E-state index in [2.05, 4.69) is 20.9 Å². The number of fused-ring (bicyclic) bond motifs is 1. The highest BCUT2D eigenvalue weighted by Gasteiger charge is 2.22. The lowest BCUT2D eigenvalue weighted by Crippen LogP contribution is -2.39. The van der Waals surface area contributed by atoms with E-state index >= 15 is 0 Å². The molecule has 7 nitrogen and oxygen atoms in total. The largest absolute Gasteiger partial charge is 0.454 e. The number of carbonyl (C=O) groups is 1. The number of benzene rings is 1. The lowest BCUT2D eigenvalue weighted by atomic mass is 10.1. The summed E-state index contributed by atoms with van der Waals surface area (Å²) < 4.78 is 10.7. The Kier molecular flexibility index (Phi) is 5.98. The lowest BCUT2D eigenvalue weighted by Gasteiger charge is -2.12. The van der Waals surface area contributed by atoms with Gasteiger partial charge in [0.15, 0.2) is 17.5 Å². The first kappa shape index (κ1) is 17.4. The zero-order valence-electron chi connectivity index (χ0n) is 14.6. The number of ether oxygens (including phenoxy) is 2. The van der Waals surface area contributed by atoms with Crippen LogP contribution >= 0.6 is 0 Å². The molecule has 136 valence electrons. The molecule has 3 rings (SSSR count). The summed E-state index contributed by atoms with van der Waals surface area (Å²) in [5, 5.41) is 9.51. The van der Waals surface area contributed by atoms with Crippen LogP contribution in [-0.2, 0) is 11.2 Å². The van der Waals surface area contributed by atoms with Crippen molar-refractivity contribution in [1.29, 1.82) is 0 Å². The molecule has 1 aliphatic heterocycles. The van der Waals surface area contributed by atoms with Crippen molar-refractivity contribution < 1.29 is 14.3 Å². The first-order valence-corrected chi connectivity index (χ1v) is 8.87. The topological polar surface area (TPSA) is 84.0 Å². The Balaban J connectivity index is 1.30. The molecule has 0 unspecified atom stereocenters. The number of nitrogens with zero attached hydrogens (tertiary/aromatic N) is 1. The standard InChI is InChI=1S/C18H26N4O3/c1-19-18(20-9-2-3-17(23)22-14-5-6-14)21-10-8-13-4-7-15-16(11-13)25-12-24-15/h4,7,11,14H,2-3,5-6,8-10,12H2,1H3,(H,22,23)(H2,19,20,21). The van der Waals surface area contributed by atoms with Crippen LogP contribution in [0.3, 0.4) is 0 Å². The molecule has 3 N–H and O–H groups in total. The molecule has 0 atom stereocenters. The third kappa shape index (κ3) is 5.55. The molecule has 1 aromatic carbocycles. The summed E-state index contributed by atoms with van der Waals surface area (Å²) >= 11 is 0. The number of hydrogen-bond donors (Lipinski definition) is 3. The second-order valence-corrected chi connectivity index (χ2v) is 6.31. The minimum Gasteiger partial charge on any atom is -0.454 e. The summed E-state index contributed by atoms with van der Waals surface area (Å²) in [4.78, 5) is 15.8. The van der Waals surface area contributed by atoms with E-state index in [0.29, 0.717) is 19.3 Å². The molecule has 1 saturated carbocycles. The van der Waals surface area contributed by atoms with E-state index in [9.17, 15) is 4.79 Å². The van der Waals surface area contributed by atoms with Crippen LogP contribution in [-0.4, -0.2) is 44.8 Å². The second-order valence-electron chi connectivity index (χ2n) is 6.31. The number of hydrogen-bond acceptors (Lipinski definition) is 4. The number of guanidine groups is 1. The quantitative estimate of drug-likeness (QED) is 0.374. The van der Waals surface area contributed by atoms with Crippen molar-refractivity contribution in [1.82, 2.24) is 16.0 Å².